The van der Waals surface area contributed by atoms with E-state index in [2.05, 4.69) is 4.98 Å². The molecule has 0 spiro atoms. The van der Waals surface area contributed by atoms with Gasteiger partial charge >= 0.3 is 0 Å². The number of aromatic nitrogens is 1. The number of ketones is 1. The summed E-state index contributed by atoms with van der Waals surface area (Å²) in [6.07, 6.45) is 3.95. The number of amides is 1. The second-order valence-electron chi connectivity index (χ2n) is 9.18. The monoisotopic (exact) mass is 485 g/mol. The molecule has 0 bridgehead atoms. The van der Waals surface area contributed by atoms with Crippen LogP contribution in [0.2, 0.25) is 0 Å². The minimum Gasteiger partial charge on any atom is -0.507 e. The Balaban J connectivity index is 1.66. The molecule has 0 aliphatic carbocycles. The van der Waals surface area contributed by atoms with E-state index in [1.165, 1.54) is 0 Å². The third-order valence-electron chi connectivity index (χ3n) is 6.25. The third kappa shape index (κ3) is 5.47. The first-order valence-corrected chi connectivity index (χ1v) is 12.0. The van der Waals surface area contributed by atoms with Crippen molar-refractivity contribution in [2.45, 2.75) is 26.0 Å². The first-order chi connectivity index (χ1) is 17.4. The van der Waals surface area contributed by atoms with Crippen molar-refractivity contribution >= 4 is 17.4 Å². The Labute approximate surface area is 211 Å². The Hall–Kier alpha value is -3.97. The Morgan fingerprint density at radius 2 is 1.78 bits per heavy atom. The smallest absolute Gasteiger partial charge is 0.295 e. The van der Waals surface area contributed by atoms with E-state index in [-0.39, 0.29) is 11.3 Å². The number of nitrogens with zero attached hydrogens (tertiary/aromatic N) is 3. The third-order valence-corrected chi connectivity index (χ3v) is 6.25. The normalized spacial score (nSPS) is 17.1. The standard InChI is InChI=1S/C29H31N3O4/c1-20-18-23(10-11-24(20)36-19-21-8-5-4-6-9-21)27(33)25-26(22-12-14-30-15-13-22)32(29(35)28(25)34)17-7-16-31(2)3/h4-6,8-15,18,26,33H,7,16-17,19H2,1-3H3/b27-25+/t26-/m1/s1. The van der Waals surface area contributed by atoms with Crippen molar-refractivity contribution in [3.05, 3.63) is 101 Å². The number of carbonyl (C=O) groups is 2. The van der Waals surface area contributed by atoms with Crippen LogP contribution in [0.4, 0.5) is 0 Å². The molecular weight excluding hydrogens is 454 g/mol. The number of aryl methyl sites for hydroxylation is 1. The van der Waals surface area contributed by atoms with Crippen LogP contribution in [0, 0.1) is 6.92 Å². The highest BCUT2D eigenvalue weighted by molar-refractivity contribution is 6.46. The van der Waals surface area contributed by atoms with Gasteiger partial charge in [-0.3, -0.25) is 14.6 Å². The molecule has 1 atom stereocenters. The maximum atomic E-state index is 13.2. The molecule has 186 valence electrons. The molecule has 7 heteroatoms. The number of ether oxygens (including phenoxy) is 1. The molecule has 0 unspecified atom stereocenters. The van der Waals surface area contributed by atoms with Crippen molar-refractivity contribution in [1.29, 1.82) is 0 Å². The number of hydrogen-bond acceptors (Lipinski definition) is 6. The summed E-state index contributed by atoms with van der Waals surface area (Å²) in [5.41, 5.74) is 3.15. The molecule has 1 saturated heterocycles. The number of benzene rings is 2. The highest BCUT2D eigenvalue weighted by Crippen LogP contribution is 2.39. The van der Waals surface area contributed by atoms with Gasteiger partial charge in [0.1, 0.15) is 18.1 Å². The molecular formula is C29H31N3O4. The number of aliphatic hydroxyl groups is 1. The number of aliphatic hydroxyl groups excluding tert-OH is 1. The number of likely N-dealkylation sites (tertiary alicyclic amines) is 1. The van der Waals surface area contributed by atoms with Crippen molar-refractivity contribution < 1.29 is 19.4 Å². The van der Waals surface area contributed by atoms with Gasteiger partial charge in [-0.15, -0.1) is 0 Å². The van der Waals surface area contributed by atoms with E-state index in [9.17, 15) is 14.7 Å². The number of carbonyl (C=O) groups excluding carboxylic acids is 2. The number of Topliss-reactive ketones (excluding diaryl/α,β-unsaturated/α-hetero) is 1. The number of hydrogen-bond donors (Lipinski definition) is 1. The first kappa shape index (κ1) is 25.1. The zero-order valence-corrected chi connectivity index (χ0v) is 20.8. The maximum absolute atomic E-state index is 13.2. The van der Waals surface area contributed by atoms with Crippen molar-refractivity contribution in [3.8, 4) is 5.75 Å². The Morgan fingerprint density at radius 1 is 1.06 bits per heavy atom. The van der Waals surface area contributed by atoms with Crippen LogP contribution in [-0.2, 0) is 16.2 Å². The fourth-order valence-corrected chi connectivity index (χ4v) is 4.41. The van der Waals surface area contributed by atoms with Crippen molar-refractivity contribution in [2.24, 2.45) is 0 Å². The fraction of sp³-hybridized carbons (Fsp3) is 0.276. The number of pyridine rings is 1. The SMILES string of the molecule is Cc1cc(/C(O)=C2\C(=O)C(=O)N(CCCN(C)C)[C@@H]2c2ccncc2)ccc1OCc1ccccc1. The summed E-state index contributed by atoms with van der Waals surface area (Å²) in [5, 5.41) is 11.3. The molecule has 7 nitrogen and oxygen atoms in total. The van der Waals surface area contributed by atoms with Crippen LogP contribution >= 0.6 is 0 Å². The summed E-state index contributed by atoms with van der Waals surface area (Å²) < 4.78 is 5.95. The van der Waals surface area contributed by atoms with Crippen LogP contribution in [0.15, 0.2) is 78.6 Å². The van der Waals surface area contributed by atoms with E-state index >= 15 is 0 Å². The van der Waals surface area contributed by atoms with Crippen LogP contribution in [0.5, 0.6) is 5.75 Å². The average Bonchev–Trinajstić information content (AvgIpc) is 3.13. The molecule has 36 heavy (non-hydrogen) atoms. The summed E-state index contributed by atoms with van der Waals surface area (Å²) in [6.45, 7) is 3.48. The predicted octanol–water partition coefficient (Wildman–Crippen LogP) is 4.34. The van der Waals surface area contributed by atoms with Gasteiger partial charge in [-0.05, 0) is 81.0 Å². The lowest BCUT2D eigenvalue weighted by atomic mass is 9.95. The van der Waals surface area contributed by atoms with Gasteiger partial charge in [-0.1, -0.05) is 30.3 Å². The van der Waals surface area contributed by atoms with Gasteiger partial charge in [0, 0.05) is 24.5 Å². The summed E-state index contributed by atoms with van der Waals surface area (Å²) >= 11 is 0. The van der Waals surface area contributed by atoms with Crippen molar-refractivity contribution in [1.82, 2.24) is 14.8 Å². The molecule has 1 amide bonds. The van der Waals surface area contributed by atoms with Crippen molar-refractivity contribution in [3.63, 3.8) is 0 Å². The van der Waals surface area contributed by atoms with E-state index < -0.39 is 17.7 Å². The van der Waals surface area contributed by atoms with Crippen LogP contribution < -0.4 is 4.74 Å². The largest absolute Gasteiger partial charge is 0.507 e. The zero-order chi connectivity index (χ0) is 25.7. The van der Waals surface area contributed by atoms with E-state index in [1.54, 1.807) is 47.6 Å². The highest BCUT2D eigenvalue weighted by Gasteiger charge is 2.45. The number of rotatable bonds is 9. The zero-order valence-electron chi connectivity index (χ0n) is 20.8. The Kier molecular flexibility index (Phi) is 7.80. The second kappa shape index (κ2) is 11.2. The van der Waals surface area contributed by atoms with E-state index in [1.807, 2.05) is 56.3 Å². The summed E-state index contributed by atoms with van der Waals surface area (Å²) in [7, 11) is 3.92. The molecule has 1 fully saturated rings. The molecule has 3 aromatic rings. The van der Waals surface area contributed by atoms with Gasteiger partial charge in [0.05, 0.1) is 11.6 Å². The molecule has 2 aromatic carbocycles. The minimum atomic E-state index is -0.679. The van der Waals surface area contributed by atoms with Crippen molar-refractivity contribution in [2.75, 3.05) is 27.2 Å². The lowest BCUT2D eigenvalue weighted by molar-refractivity contribution is -0.139. The second-order valence-corrected chi connectivity index (χ2v) is 9.18. The van der Waals surface area contributed by atoms with Gasteiger partial charge < -0.3 is 19.6 Å². The molecule has 1 N–H and O–H groups in total. The predicted molar refractivity (Wildman–Crippen MR) is 138 cm³/mol. The van der Waals surface area contributed by atoms with Crippen LogP contribution in [-0.4, -0.2) is 58.8 Å². The fourth-order valence-electron chi connectivity index (χ4n) is 4.41. The minimum absolute atomic E-state index is 0.0911. The van der Waals surface area contributed by atoms with Gasteiger partial charge in [-0.2, -0.15) is 0 Å². The quantitative estimate of drug-likeness (QED) is 0.276. The molecule has 1 aromatic heterocycles. The van der Waals surface area contributed by atoms with E-state index in [0.717, 1.165) is 23.2 Å². The molecule has 1 aliphatic heterocycles. The van der Waals surface area contributed by atoms with Gasteiger partial charge in [0.25, 0.3) is 11.7 Å². The lowest BCUT2D eigenvalue weighted by Crippen LogP contribution is -2.32. The Bertz CT molecular complexity index is 1260. The van der Waals surface area contributed by atoms with Gasteiger partial charge in [0.2, 0.25) is 0 Å². The van der Waals surface area contributed by atoms with Crippen LogP contribution in [0.3, 0.4) is 0 Å². The Morgan fingerprint density at radius 3 is 2.44 bits per heavy atom. The summed E-state index contributed by atoms with van der Waals surface area (Å²) in [5.74, 6) is -0.786. The summed E-state index contributed by atoms with van der Waals surface area (Å²) in [6, 6.07) is 18.0. The molecule has 4 rings (SSSR count). The van der Waals surface area contributed by atoms with E-state index in [0.29, 0.717) is 30.9 Å². The van der Waals surface area contributed by atoms with Gasteiger partial charge in [0.15, 0.2) is 0 Å². The maximum Gasteiger partial charge on any atom is 0.295 e. The van der Waals surface area contributed by atoms with Gasteiger partial charge in [-0.25, -0.2) is 0 Å². The van der Waals surface area contributed by atoms with E-state index in [4.69, 9.17) is 4.74 Å². The lowest BCUT2D eigenvalue weighted by Gasteiger charge is -2.25. The first-order valence-electron chi connectivity index (χ1n) is 12.0. The summed E-state index contributed by atoms with van der Waals surface area (Å²) in [4.78, 5) is 33.8. The highest BCUT2D eigenvalue weighted by atomic mass is 16.5. The topological polar surface area (TPSA) is 83.0 Å². The average molecular weight is 486 g/mol. The molecule has 1 aliphatic rings. The molecule has 0 saturated carbocycles. The molecule has 2 heterocycles. The van der Waals surface area contributed by atoms with Crippen LogP contribution in [0.25, 0.3) is 5.76 Å². The van der Waals surface area contributed by atoms with Crippen LogP contribution in [0.1, 0.15) is 34.7 Å². The molecule has 0 radical (unpaired) electrons.